The van der Waals surface area contributed by atoms with Gasteiger partial charge in [-0.2, -0.15) is 0 Å². The Kier molecular flexibility index (Phi) is 3.48. The van der Waals surface area contributed by atoms with Crippen molar-refractivity contribution in [3.05, 3.63) is 47.3 Å². The van der Waals surface area contributed by atoms with Crippen LogP contribution in [0.15, 0.2) is 30.3 Å². The van der Waals surface area contributed by atoms with Gasteiger partial charge in [-0.25, -0.2) is 4.68 Å². The summed E-state index contributed by atoms with van der Waals surface area (Å²) in [5, 5.41) is 18.6. The summed E-state index contributed by atoms with van der Waals surface area (Å²) in [6.45, 7) is 6.19. The van der Waals surface area contributed by atoms with E-state index < -0.39 is 5.60 Å². The summed E-state index contributed by atoms with van der Waals surface area (Å²) in [4.78, 5) is 0. The van der Waals surface area contributed by atoms with E-state index in [-0.39, 0.29) is 0 Å². The molecule has 4 heteroatoms. The highest BCUT2D eigenvalue weighted by molar-refractivity contribution is 5.20. The quantitative estimate of drug-likeness (QED) is 0.897. The lowest BCUT2D eigenvalue weighted by Gasteiger charge is -2.20. The number of rotatable bonds is 4. The molecule has 0 unspecified atom stereocenters. The van der Waals surface area contributed by atoms with Crippen molar-refractivity contribution < 1.29 is 5.11 Å². The molecule has 0 amide bonds. The fourth-order valence-corrected chi connectivity index (χ4v) is 2.12. The predicted molar refractivity (Wildman–Crippen MR) is 70.2 cm³/mol. The minimum atomic E-state index is -0.927. The second-order valence-corrected chi connectivity index (χ2v) is 4.94. The Morgan fingerprint density at radius 2 is 1.89 bits per heavy atom. The molecule has 0 saturated carbocycles. The maximum absolute atomic E-state index is 10.2. The molecule has 1 aromatic carbocycles. The Bertz CT molecular complexity index is 512. The topological polar surface area (TPSA) is 50.9 Å². The largest absolute Gasteiger partial charge is 0.384 e. The van der Waals surface area contributed by atoms with Gasteiger partial charge in [0.15, 0.2) is 0 Å². The number of nitrogens with zero attached hydrogens (tertiary/aromatic N) is 3. The van der Waals surface area contributed by atoms with Crippen LogP contribution in [0, 0.1) is 0 Å². The summed E-state index contributed by atoms with van der Waals surface area (Å²) in [5.74, 6) is 0. The van der Waals surface area contributed by atoms with E-state index in [1.807, 2.05) is 37.3 Å². The van der Waals surface area contributed by atoms with E-state index in [1.165, 1.54) is 0 Å². The number of aryl methyl sites for hydroxylation is 1. The van der Waals surface area contributed by atoms with Crippen LogP contribution in [0.1, 0.15) is 37.7 Å². The van der Waals surface area contributed by atoms with Gasteiger partial charge >= 0.3 is 0 Å². The number of aromatic nitrogens is 3. The monoisotopic (exact) mass is 245 g/mol. The van der Waals surface area contributed by atoms with Gasteiger partial charge in [0.1, 0.15) is 5.60 Å². The van der Waals surface area contributed by atoms with Crippen molar-refractivity contribution in [2.24, 2.45) is 0 Å². The van der Waals surface area contributed by atoms with Crippen molar-refractivity contribution in [3.63, 3.8) is 0 Å². The van der Waals surface area contributed by atoms with Gasteiger partial charge in [0, 0.05) is 0 Å². The molecule has 0 aliphatic rings. The van der Waals surface area contributed by atoms with E-state index in [4.69, 9.17) is 0 Å². The van der Waals surface area contributed by atoms with Crippen LogP contribution in [0.2, 0.25) is 0 Å². The van der Waals surface area contributed by atoms with E-state index in [0.717, 1.165) is 23.4 Å². The third kappa shape index (κ3) is 2.59. The highest BCUT2D eigenvalue weighted by Crippen LogP contribution is 2.23. The molecule has 0 bridgehead atoms. The van der Waals surface area contributed by atoms with Gasteiger partial charge < -0.3 is 5.11 Å². The number of hydrogen-bond donors (Lipinski definition) is 1. The molecule has 2 rings (SSSR count). The zero-order valence-electron chi connectivity index (χ0n) is 11.1. The van der Waals surface area contributed by atoms with E-state index in [9.17, 15) is 5.11 Å². The molecule has 1 N–H and O–H groups in total. The molecule has 96 valence electrons. The van der Waals surface area contributed by atoms with Crippen molar-refractivity contribution in [1.82, 2.24) is 15.0 Å². The lowest BCUT2D eigenvalue weighted by molar-refractivity contribution is 0.0678. The lowest BCUT2D eigenvalue weighted by atomic mass is 10.0. The first-order valence-corrected chi connectivity index (χ1v) is 6.21. The molecule has 0 aliphatic heterocycles. The van der Waals surface area contributed by atoms with Crippen LogP contribution in [0.5, 0.6) is 0 Å². The van der Waals surface area contributed by atoms with Crippen LogP contribution in [0.4, 0.5) is 0 Å². The zero-order chi connectivity index (χ0) is 13.2. The molecular weight excluding hydrogens is 226 g/mol. The van der Waals surface area contributed by atoms with E-state index in [1.54, 1.807) is 18.5 Å². The van der Waals surface area contributed by atoms with Crippen LogP contribution < -0.4 is 0 Å². The molecule has 0 atom stereocenters. The Morgan fingerprint density at radius 3 is 2.44 bits per heavy atom. The van der Waals surface area contributed by atoms with Gasteiger partial charge in [0.05, 0.1) is 17.9 Å². The average Bonchev–Trinajstić information content (AvgIpc) is 2.73. The fourth-order valence-electron chi connectivity index (χ4n) is 2.12. The SMILES string of the molecule is CCc1nnn(Cc2ccccc2)c1C(C)(C)O. The predicted octanol–water partition coefficient (Wildman–Crippen LogP) is 2.12. The average molecular weight is 245 g/mol. The van der Waals surface area contributed by atoms with Crippen molar-refractivity contribution in [1.29, 1.82) is 0 Å². The highest BCUT2D eigenvalue weighted by Gasteiger charge is 2.26. The van der Waals surface area contributed by atoms with Crippen LogP contribution in [-0.2, 0) is 18.6 Å². The molecule has 18 heavy (non-hydrogen) atoms. The Morgan fingerprint density at radius 1 is 1.22 bits per heavy atom. The van der Waals surface area contributed by atoms with Crippen molar-refractivity contribution in [2.75, 3.05) is 0 Å². The first kappa shape index (κ1) is 12.8. The smallest absolute Gasteiger partial charge is 0.103 e. The van der Waals surface area contributed by atoms with E-state index >= 15 is 0 Å². The summed E-state index contributed by atoms with van der Waals surface area (Å²) in [6, 6.07) is 10.1. The molecule has 0 aliphatic carbocycles. The maximum atomic E-state index is 10.2. The van der Waals surface area contributed by atoms with Gasteiger partial charge in [-0.3, -0.25) is 0 Å². The first-order chi connectivity index (χ1) is 8.52. The first-order valence-electron chi connectivity index (χ1n) is 6.21. The fraction of sp³-hybridized carbons (Fsp3) is 0.429. The Balaban J connectivity index is 2.37. The normalized spacial score (nSPS) is 11.8. The highest BCUT2D eigenvalue weighted by atomic mass is 16.3. The van der Waals surface area contributed by atoms with Gasteiger partial charge in [-0.1, -0.05) is 42.5 Å². The summed E-state index contributed by atoms with van der Waals surface area (Å²) in [5.41, 5.74) is 1.88. The van der Waals surface area contributed by atoms with Crippen LogP contribution in [0.3, 0.4) is 0 Å². The van der Waals surface area contributed by atoms with E-state index in [0.29, 0.717) is 6.54 Å². The second-order valence-electron chi connectivity index (χ2n) is 4.94. The number of hydrogen-bond acceptors (Lipinski definition) is 3. The molecule has 2 aromatic rings. The van der Waals surface area contributed by atoms with Crippen LogP contribution in [-0.4, -0.2) is 20.1 Å². The zero-order valence-corrected chi connectivity index (χ0v) is 11.1. The second kappa shape index (κ2) is 4.90. The minimum Gasteiger partial charge on any atom is -0.384 e. The third-order valence-corrected chi connectivity index (χ3v) is 2.89. The third-order valence-electron chi connectivity index (χ3n) is 2.89. The summed E-state index contributed by atoms with van der Waals surface area (Å²) < 4.78 is 1.79. The molecule has 0 fully saturated rings. The Hall–Kier alpha value is -1.68. The number of aliphatic hydroxyl groups is 1. The van der Waals surface area contributed by atoms with Crippen molar-refractivity contribution in [3.8, 4) is 0 Å². The standard InChI is InChI=1S/C14H19N3O/c1-4-12-13(14(2,3)18)17(16-15-12)10-11-8-6-5-7-9-11/h5-9,18H,4,10H2,1-3H3. The van der Waals surface area contributed by atoms with Gasteiger partial charge in [-0.05, 0) is 25.8 Å². The maximum Gasteiger partial charge on any atom is 0.103 e. The summed E-state index contributed by atoms with van der Waals surface area (Å²) in [6.07, 6.45) is 0.772. The van der Waals surface area contributed by atoms with Crippen LogP contribution >= 0.6 is 0 Å². The minimum absolute atomic E-state index is 0.632. The molecule has 4 nitrogen and oxygen atoms in total. The number of benzene rings is 1. The van der Waals surface area contributed by atoms with E-state index in [2.05, 4.69) is 10.3 Å². The molecule has 0 radical (unpaired) electrons. The molecule has 0 saturated heterocycles. The Labute approximate surface area is 107 Å². The molecule has 1 heterocycles. The van der Waals surface area contributed by atoms with Crippen molar-refractivity contribution >= 4 is 0 Å². The summed E-state index contributed by atoms with van der Waals surface area (Å²) in [7, 11) is 0. The van der Waals surface area contributed by atoms with Crippen LogP contribution in [0.25, 0.3) is 0 Å². The molecule has 1 aromatic heterocycles. The summed E-state index contributed by atoms with van der Waals surface area (Å²) >= 11 is 0. The van der Waals surface area contributed by atoms with Crippen molar-refractivity contribution in [2.45, 2.75) is 39.3 Å². The van der Waals surface area contributed by atoms with Gasteiger partial charge in [0.25, 0.3) is 0 Å². The lowest BCUT2D eigenvalue weighted by Crippen LogP contribution is -2.23. The molecule has 0 spiro atoms. The molecular formula is C14H19N3O. The van der Waals surface area contributed by atoms with Gasteiger partial charge in [-0.15, -0.1) is 5.10 Å². The van der Waals surface area contributed by atoms with Gasteiger partial charge in [0.2, 0.25) is 0 Å².